The quantitative estimate of drug-likeness (QED) is 0.481. The van der Waals surface area contributed by atoms with Crippen molar-refractivity contribution in [3.05, 3.63) is 23.8 Å². The molecular formula is C12H20O2. The lowest BCUT2D eigenvalue weighted by Crippen LogP contribution is -1.98. The standard InChI is InChI=1S/C12H20O2/c1-10(2)6-5-7-11(3)8-9-14-12(4)13/h8H,1,5-7,9H2,2-4H3/b11-8+. The van der Waals surface area contributed by atoms with Gasteiger partial charge in [0.05, 0.1) is 0 Å². The van der Waals surface area contributed by atoms with Crippen molar-refractivity contribution in [3.8, 4) is 0 Å². The van der Waals surface area contributed by atoms with Crippen LogP contribution in [0.5, 0.6) is 0 Å². The minimum Gasteiger partial charge on any atom is -0.462 e. The molecule has 0 amide bonds. The molecular weight excluding hydrogens is 176 g/mol. The van der Waals surface area contributed by atoms with Gasteiger partial charge in [0, 0.05) is 6.92 Å². The Hall–Kier alpha value is -1.05. The summed E-state index contributed by atoms with van der Waals surface area (Å²) in [6.07, 6.45) is 5.20. The van der Waals surface area contributed by atoms with E-state index in [1.165, 1.54) is 18.1 Å². The first kappa shape index (κ1) is 12.9. The molecule has 0 bridgehead atoms. The van der Waals surface area contributed by atoms with Crippen LogP contribution in [0.25, 0.3) is 0 Å². The smallest absolute Gasteiger partial charge is 0.302 e. The third-order valence-corrected chi connectivity index (χ3v) is 1.89. The lowest BCUT2D eigenvalue weighted by molar-refractivity contribution is -0.139. The van der Waals surface area contributed by atoms with Crippen LogP contribution >= 0.6 is 0 Å². The number of hydrogen-bond donors (Lipinski definition) is 0. The molecule has 0 aliphatic rings. The number of carbonyl (C=O) groups is 1. The third kappa shape index (κ3) is 9.04. The van der Waals surface area contributed by atoms with E-state index >= 15 is 0 Å². The molecule has 0 saturated carbocycles. The number of esters is 1. The van der Waals surface area contributed by atoms with Crippen molar-refractivity contribution >= 4 is 5.97 Å². The van der Waals surface area contributed by atoms with Crippen LogP contribution in [-0.4, -0.2) is 12.6 Å². The summed E-state index contributed by atoms with van der Waals surface area (Å²) in [5, 5.41) is 0. The Labute approximate surface area is 86.6 Å². The fourth-order valence-corrected chi connectivity index (χ4v) is 1.07. The van der Waals surface area contributed by atoms with Gasteiger partial charge in [-0.25, -0.2) is 0 Å². The second kappa shape index (κ2) is 7.36. The monoisotopic (exact) mass is 196 g/mol. The van der Waals surface area contributed by atoms with Gasteiger partial charge >= 0.3 is 5.97 Å². The van der Waals surface area contributed by atoms with E-state index in [9.17, 15) is 4.79 Å². The molecule has 0 rings (SSSR count). The second-order valence-electron chi connectivity index (χ2n) is 3.66. The maximum atomic E-state index is 10.5. The van der Waals surface area contributed by atoms with E-state index in [4.69, 9.17) is 4.74 Å². The van der Waals surface area contributed by atoms with Crippen LogP contribution in [0.15, 0.2) is 23.8 Å². The highest BCUT2D eigenvalue weighted by Gasteiger charge is 1.93. The molecule has 0 spiro atoms. The van der Waals surface area contributed by atoms with Gasteiger partial charge in [0.25, 0.3) is 0 Å². The van der Waals surface area contributed by atoms with Crippen molar-refractivity contribution < 1.29 is 9.53 Å². The van der Waals surface area contributed by atoms with Crippen LogP contribution in [0.3, 0.4) is 0 Å². The van der Waals surface area contributed by atoms with Crippen LogP contribution in [-0.2, 0) is 9.53 Å². The fraction of sp³-hybridized carbons (Fsp3) is 0.583. The normalized spacial score (nSPS) is 11.2. The predicted octanol–water partition coefficient (Wildman–Crippen LogP) is 3.24. The minimum absolute atomic E-state index is 0.226. The van der Waals surface area contributed by atoms with Gasteiger partial charge in [-0.2, -0.15) is 0 Å². The van der Waals surface area contributed by atoms with Gasteiger partial charge in [-0.1, -0.05) is 11.1 Å². The van der Waals surface area contributed by atoms with Gasteiger partial charge in [-0.05, 0) is 39.2 Å². The van der Waals surface area contributed by atoms with E-state index in [1.807, 2.05) is 13.0 Å². The molecule has 0 aliphatic heterocycles. The Kier molecular flexibility index (Phi) is 6.81. The van der Waals surface area contributed by atoms with E-state index in [-0.39, 0.29) is 5.97 Å². The lowest BCUT2D eigenvalue weighted by atomic mass is 10.1. The molecule has 0 fully saturated rings. The first-order chi connectivity index (χ1) is 6.52. The first-order valence-electron chi connectivity index (χ1n) is 4.95. The Morgan fingerprint density at radius 1 is 1.29 bits per heavy atom. The number of ether oxygens (including phenoxy) is 1. The first-order valence-corrected chi connectivity index (χ1v) is 4.95. The number of carbonyl (C=O) groups excluding carboxylic acids is 1. The van der Waals surface area contributed by atoms with E-state index in [0.29, 0.717) is 6.61 Å². The van der Waals surface area contributed by atoms with E-state index < -0.39 is 0 Å². The average Bonchev–Trinajstić information content (AvgIpc) is 2.02. The van der Waals surface area contributed by atoms with E-state index in [2.05, 4.69) is 13.5 Å². The highest BCUT2D eigenvalue weighted by atomic mass is 16.5. The topological polar surface area (TPSA) is 26.3 Å². The van der Waals surface area contributed by atoms with Gasteiger partial charge in [0.2, 0.25) is 0 Å². The zero-order chi connectivity index (χ0) is 11.0. The van der Waals surface area contributed by atoms with E-state index in [0.717, 1.165) is 19.3 Å². The van der Waals surface area contributed by atoms with Gasteiger partial charge < -0.3 is 4.74 Å². The predicted molar refractivity (Wildman–Crippen MR) is 59.1 cm³/mol. The van der Waals surface area contributed by atoms with Crippen LogP contribution in [0.1, 0.15) is 40.0 Å². The van der Waals surface area contributed by atoms with Crippen molar-refractivity contribution in [2.45, 2.75) is 40.0 Å². The minimum atomic E-state index is -0.226. The molecule has 0 unspecified atom stereocenters. The zero-order valence-corrected chi connectivity index (χ0v) is 9.43. The van der Waals surface area contributed by atoms with Crippen molar-refractivity contribution in [1.82, 2.24) is 0 Å². The Balaban J connectivity index is 3.56. The number of rotatable bonds is 6. The molecule has 0 aliphatic carbocycles. The van der Waals surface area contributed by atoms with Crippen LogP contribution < -0.4 is 0 Å². The SMILES string of the molecule is C=C(C)CCC/C(C)=C/COC(C)=O. The third-order valence-electron chi connectivity index (χ3n) is 1.89. The van der Waals surface area contributed by atoms with Gasteiger partial charge in [0.1, 0.15) is 6.61 Å². The van der Waals surface area contributed by atoms with Crippen molar-refractivity contribution in [3.63, 3.8) is 0 Å². The summed E-state index contributed by atoms with van der Waals surface area (Å²) >= 11 is 0. The number of hydrogen-bond acceptors (Lipinski definition) is 2. The molecule has 0 N–H and O–H groups in total. The molecule has 14 heavy (non-hydrogen) atoms. The molecule has 0 aromatic rings. The van der Waals surface area contributed by atoms with E-state index in [1.54, 1.807) is 0 Å². The van der Waals surface area contributed by atoms with Gasteiger partial charge in [-0.3, -0.25) is 4.79 Å². The van der Waals surface area contributed by atoms with Gasteiger partial charge in [0.15, 0.2) is 0 Å². The fourth-order valence-electron chi connectivity index (χ4n) is 1.07. The number of allylic oxidation sites excluding steroid dienone is 2. The van der Waals surface area contributed by atoms with Gasteiger partial charge in [-0.15, -0.1) is 6.58 Å². The summed E-state index contributed by atoms with van der Waals surface area (Å²) in [6, 6.07) is 0. The summed E-state index contributed by atoms with van der Waals surface area (Å²) in [6.45, 7) is 9.76. The van der Waals surface area contributed by atoms with Crippen molar-refractivity contribution in [2.75, 3.05) is 6.61 Å². The summed E-state index contributed by atoms with van der Waals surface area (Å²) in [7, 11) is 0. The molecule has 0 aromatic heterocycles. The highest BCUT2D eigenvalue weighted by Crippen LogP contribution is 2.09. The Bertz CT molecular complexity index is 226. The van der Waals surface area contributed by atoms with Crippen LogP contribution in [0.4, 0.5) is 0 Å². The second-order valence-corrected chi connectivity index (χ2v) is 3.66. The van der Waals surface area contributed by atoms with Crippen molar-refractivity contribution in [2.24, 2.45) is 0 Å². The molecule has 0 heterocycles. The molecule has 2 heteroatoms. The molecule has 0 atom stereocenters. The molecule has 0 saturated heterocycles. The summed E-state index contributed by atoms with van der Waals surface area (Å²) in [5.41, 5.74) is 2.49. The van der Waals surface area contributed by atoms with Crippen LogP contribution in [0, 0.1) is 0 Å². The largest absolute Gasteiger partial charge is 0.462 e. The Morgan fingerprint density at radius 2 is 1.93 bits per heavy atom. The molecule has 0 radical (unpaired) electrons. The zero-order valence-electron chi connectivity index (χ0n) is 9.43. The average molecular weight is 196 g/mol. The molecule has 0 aromatic carbocycles. The molecule has 80 valence electrons. The summed E-state index contributed by atoms with van der Waals surface area (Å²) in [5.74, 6) is -0.226. The molecule has 2 nitrogen and oxygen atoms in total. The van der Waals surface area contributed by atoms with Crippen molar-refractivity contribution in [1.29, 1.82) is 0 Å². The van der Waals surface area contributed by atoms with Crippen LogP contribution in [0.2, 0.25) is 0 Å². The summed E-state index contributed by atoms with van der Waals surface area (Å²) in [4.78, 5) is 10.5. The maximum Gasteiger partial charge on any atom is 0.302 e. The highest BCUT2D eigenvalue weighted by molar-refractivity contribution is 5.66. The Morgan fingerprint density at radius 3 is 2.43 bits per heavy atom. The summed E-state index contributed by atoms with van der Waals surface area (Å²) < 4.78 is 4.81. The maximum absolute atomic E-state index is 10.5. The lowest BCUT2D eigenvalue weighted by Gasteiger charge is -2.02.